The Morgan fingerprint density at radius 2 is 1.88 bits per heavy atom. The molecule has 0 spiro atoms. The van der Waals surface area contributed by atoms with Crippen molar-refractivity contribution in [3.8, 4) is 0 Å². The lowest BCUT2D eigenvalue weighted by Gasteiger charge is -2.43. The van der Waals surface area contributed by atoms with Crippen LogP contribution in [0.1, 0.15) is 25.7 Å². The third-order valence-corrected chi connectivity index (χ3v) is 4.70. The van der Waals surface area contributed by atoms with Crippen LogP contribution < -0.4 is 10.6 Å². The van der Waals surface area contributed by atoms with Crippen molar-refractivity contribution >= 4 is 0 Å². The van der Waals surface area contributed by atoms with E-state index in [-0.39, 0.29) is 0 Å². The Labute approximate surface area is 99.0 Å². The number of piperidine rings is 1. The first-order valence-electron chi connectivity index (χ1n) is 7.03. The summed E-state index contributed by atoms with van der Waals surface area (Å²) in [5, 5.41) is 7.10. The molecule has 2 aliphatic heterocycles. The summed E-state index contributed by atoms with van der Waals surface area (Å²) in [5.74, 6) is 1.04. The van der Waals surface area contributed by atoms with E-state index in [2.05, 4.69) is 15.5 Å². The molecule has 0 radical (unpaired) electrons. The molecule has 3 aliphatic rings. The Bertz CT molecular complexity index is 225. The highest BCUT2D eigenvalue weighted by molar-refractivity contribution is 4.99. The number of rotatable bonds is 3. The fourth-order valence-electron chi connectivity index (χ4n) is 3.61. The molecule has 2 heterocycles. The molecule has 0 aromatic carbocycles. The highest BCUT2D eigenvalue weighted by Gasteiger charge is 2.46. The second kappa shape index (κ2) is 4.63. The number of hydrogen-bond donors (Lipinski definition) is 2. The number of nitrogens with zero attached hydrogens (tertiary/aromatic N) is 1. The predicted octanol–water partition coefficient (Wildman–Crippen LogP) is 0.671. The Morgan fingerprint density at radius 1 is 1.06 bits per heavy atom. The van der Waals surface area contributed by atoms with Crippen molar-refractivity contribution in [1.29, 1.82) is 0 Å². The van der Waals surface area contributed by atoms with E-state index < -0.39 is 0 Å². The monoisotopic (exact) mass is 223 g/mol. The minimum atomic E-state index is 0.635. The van der Waals surface area contributed by atoms with Gasteiger partial charge in [0.25, 0.3) is 0 Å². The first-order chi connectivity index (χ1) is 7.89. The van der Waals surface area contributed by atoms with Gasteiger partial charge in [-0.25, -0.2) is 0 Å². The molecule has 1 aliphatic carbocycles. The summed E-state index contributed by atoms with van der Waals surface area (Å²) >= 11 is 0. The largest absolute Gasteiger partial charge is 0.316 e. The van der Waals surface area contributed by atoms with E-state index in [1.54, 1.807) is 0 Å². The molecule has 2 saturated heterocycles. The van der Waals surface area contributed by atoms with Gasteiger partial charge in [-0.05, 0) is 43.6 Å². The summed E-state index contributed by atoms with van der Waals surface area (Å²) in [6.45, 7) is 8.77. The molecular formula is C13H25N3. The number of nitrogens with one attached hydrogen (secondary N) is 2. The standard InChI is InChI=1S/C13H25N3/c1-4-13(10-15-5-1,12-2-3-12)11-16-8-6-14-7-9-16/h12,14-15H,1-11H2/t13-/m1/s1. The first kappa shape index (κ1) is 11.0. The second-order valence-electron chi connectivity index (χ2n) is 5.94. The maximum atomic E-state index is 3.64. The smallest absolute Gasteiger partial charge is 0.0108 e. The van der Waals surface area contributed by atoms with Crippen LogP contribution in [0.5, 0.6) is 0 Å². The summed E-state index contributed by atoms with van der Waals surface area (Å²) in [5.41, 5.74) is 0.635. The maximum absolute atomic E-state index is 3.64. The van der Waals surface area contributed by atoms with Gasteiger partial charge in [-0.3, -0.25) is 0 Å². The molecule has 3 nitrogen and oxygen atoms in total. The SMILES string of the molecule is C1CNC[C@](CN2CCNCC2)(C2CC2)C1. The van der Waals surface area contributed by atoms with Gasteiger partial charge in [0.1, 0.15) is 0 Å². The fourth-order valence-corrected chi connectivity index (χ4v) is 3.61. The van der Waals surface area contributed by atoms with Crippen molar-refractivity contribution in [2.45, 2.75) is 25.7 Å². The predicted molar refractivity (Wildman–Crippen MR) is 66.6 cm³/mol. The zero-order valence-corrected chi connectivity index (χ0v) is 10.3. The normalized spacial score (nSPS) is 37.5. The van der Waals surface area contributed by atoms with E-state index in [9.17, 15) is 0 Å². The molecule has 2 N–H and O–H groups in total. The lowest BCUT2D eigenvalue weighted by molar-refractivity contribution is 0.0866. The van der Waals surface area contributed by atoms with Gasteiger partial charge in [0.05, 0.1) is 0 Å². The van der Waals surface area contributed by atoms with Crippen LogP contribution in [0.25, 0.3) is 0 Å². The van der Waals surface area contributed by atoms with Crippen molar-refractivity contribution < 1.29 is 0 Å². The van der Waals surface area contributed by atoms with Crippen molar-refractivity contribution in [2.75, 3.05) is 45.8 Å². The van der Waals surface area contributed by atoms with Gasteiger partial charge in [-0.15, -0.1) is 0 Å². The average Bonchev–Trinajstić information content (AvgIpc) is 3.16. The van der Waals surface area contributed by atoms with E-state index in [0.29, 0.717) is 5.41 Å². The van der Waals surface area contributed by atoms with Gasteiger partial charge in [-0.2, -0.15) is 0 Å². The Kier molecular flexibility index (Phi) is 3.18. The van der Waals surface area contributed by atoms with E-state index >= 15 is 0 Å². The van der Waals surface area contributed by atoms with E-state index in [0.717, 1.165) is 5.92 Å². The van der Waals surface area contributed by atoms with Gasteiger partial charge < -0.3 is 15.5 Å². The molecule has 0 amide bonds. The second-order valence-corrected chi connectivity index (χ2v) is 5.94. The van der Waals surface area contributed by atoms with Crippen molar-refractivity contribution in [3.05, 3.63) is 0 Å². The van der Waals surface area contributed by atoms with Crippen LogP contribution in [0.2, 0.25) is 0 Å². The zero-order valence-electron chi connectivity index (χ0n) is 10.3. The van der Waals surface area contributed by atoms with Gasteiger partial charge in [0.2, 0.25) is 0 Å². The minimum absolute atomic E-state index is 0.635. The molecule has 0 bridgehead atoms. The summed E-state index contributed by atoms with van der Waals surface area (Å²) in [6, 6.07) is 0. The summed E-state index contributed by atoms with van der Waals surface area (Å²) in [7, 11) is 0. The Morgan fingerprint density at radius 3 is 2.50 bits per heavy atom. The summed E-state index contributed by atoms with van der Waals surface area (Å²) in [6.07, 6.45) is 5.85. The van der Waals surface area contributed by atoms with Gasteiger partial charge >= 0.3 is 0 Å². The molecule has 16 heavy (non-hydrogen) atoms. The maximum Gasteiger partial charge on any atom is 0.0108 e. The van der Waals surface area contributed by atoms with Crippen LogP contribution in [0.15, 0.2) is 0 Å². The van der Waals surface area contributed by atoms with Crippen LogP contribution in [0.3, 0.4) is 0 Å². The molecule has 0 aromatic rings. The average molecular weight is 223 g/mol. The van der Waals surface area contributed by atoms with Crippen molar-refractivity contribution in [2.24, 2.45) is 11.3 Å². The molecule has 0 aromatic heterocycles. The Hall–Kier alpha value is -0.120. The lowest BCUT2D eigenvalue weighted by atomic mass is 9.75. The van der Waals surface area contributed by atoms with Gasteiger partial charge in [0, 0.05) is 39.3 Å². The third kappa shape index (κ3) is 2.27. The van der Waals surface area contributed by atoms with Crippen LogP contribution in [0.4, 0.5) is 0 Å². The highest BCUT2D eigenvalue weighted by Crippen LogP contribution is 2.49. The fraction of sp³-hybridized carbons (Fsp3) is 1.00. The van der Waals surface area contributed by atoms with Gasteiger partial charge in [-0.1, -0.05) is 0 Å². The van der Waals surface area contributed by atoms with Crippen LogP contribution in [0, 0.1) is 11.3 Å². The topological polar surface area (TPSA) is 27.3 Å². The van der Waals surface area contributed by atoms with Crippen LogP contribution >= 0.6 is 0 Å². The molecule has 1 atom stereocenters. The molecule has 1 saturated carbocycles. The molecule has 3 heteroatoms. The summed E-state index contributed by atoms with van der Waals surface area (Å²) in [4.78, 5) is 2.70. The third-order valence-electron chi connectivity index (χ3n) is 4.70. The molecule has 92 valence electrons. The first-order valence-corrected chi connectivity index (χ1v) is 7.03. The quantitative estimate of drug-likeness (QED) is 0.736. The van der Waals surface area contributed by atoms with Crippen LogP contribution in [-0.2, 0) is 0 Å². The number of piperazine rings is 1. The molecular weight excluding hydrogens is 198 g/mol. The minimum Gasteiger partial charge on any atom is -0.316 e. The van der Waals surface area contributed by atoms with Crippen LogP contribution in [-0.4, -0.2) is 50.7 Å². The van der Waals surface area contributed by atoms with Crippen molar-refractivity contribution in [3.63, 3.8) is 0 Å². The van der Waals surface area contributed by atoms with E-state index in [1.165, 1.54) is 71.5 Å². The molecule has 0 unspecified atom stereocenters. The molecule has 3 rings (SSSR count). The number of hydrogen-bond acceptors (Lipinski definition) is 3. The van der Waals surface area contributed by atoms with Gasteiger partial charge in [0.15, 0.2) is 0 Å². The van der Waals surface area contributed by atoms with E-state index in [4.69, 9.17) is 0 Å². The highest BCUT2D eigenvalue weighted by atomic mass is 15.2. The van der Waals surface area contributed by atoms with E-state index in [1.807, 2.05) is 0 Å². The lowest BCUT2D eigenvalue weighted by Crippen LogP contribution is -2.53. The zero-order chi connectivity index (χ0) is 10.8. The Balaban J connectivity index is 1.63. The molecule has 3 fully saturated rings. The van der Waals surface area contributed by atoms with Crippen molar-refractivity contribution in [1.82, 2.24) is 15.5 Å². The summed E-state index contributed by atoms with van der Waals surface area (Å²) < 4.78 is 0.